The van der Waals surface area contributed by atoms with Gasteiger partial charge >= 0.3 is 0 Å². The van der Waals surface area contributed by atoms with Crippen LogP contribution in [-0.4, -0.2) is 19.3 Å². The van der Waals surface area contributed by atoms with Crippen molar-refractivity contribution in [1.82, 2.24) is 4.98 Å². The maximum absolute atomic E-state index is 12.5. The van der Waals surface area contributed by atoms with Gasteiger partial charge in [0.05, 0.1) is 4.90 Å². The molecule has 1 heterocycles. The Balaban J connectivity index is 1.79. The summed E-state index contributed by atoms with van der Waals surface area (Å²) in [6.45, 7) is 0. The zero-order chi connectivity index (χ0) is 18.6. The van der Waals surface area contributed by atoms with Crippen LogP contribution in [0.3, 0.4) is 0 Å². The molecule has 3 aromatic rings. The largest absolute Gasteiger partial charge is 0.322 e. The Bertz CT molecular complexity index is 1020. The molecule has 0 unspecified atom stereocenters. The minimum atomic E-state index is -3.80. The lowest BCUT2D eigenvalue weighted by molar-refractivity contribution is 0.102. The molecule has 2 aromatic carbocycles. The van der Waals surface area contributed by atoms with E-state index in [9.17, 15) is 13.2 Å². The highest BCUT2D eigenvalue weighted by Gasteiger charge is 2.15. The monoisotopic (exact) mass is 387 g/mol. The number of hydrogen-bond donors (Lipinski definition) is 2. The Labute approximate surface area is 155 Å². The van der Waals surface area contributed by atoms with Crippen LogP contribution in [0.15, 0.2) is 78.0 Å². The number of rotatable bonds is 5. The number of pyridine rings is 1. The van der Waals surface area contributed by atoms with Gasteiger partial charge in [-0.05, 0) is 54.6 Å². The quantitative estimate of drug-likeness (QED) is 0.697. The van der Waals surface area contributed by atoms with E-state index >= 15 is 0 Å². The number of nitrogens with zero attached hydrogens (tertiary/aromatic N) is 1. The second-order valence-electron chi connectivity index (χ2n) is 5.33. The number of hydrogen-bond acceptors (Lipinski definition) is 4. The molecule has 0 atom stereocenters. The maximum Gasteiger partial charge on any atom is 0.261 e. The summed E-state index contributed by atoms with van der Waals surface area (Å²) in [6, 6.07) is 15.4. The summed E-state index contributed by atoms with van der Waals surface area (Å²) >= 11 is 5.80. The predicted molar refractivity (Wildman–Crippen MR) is 101 cm³/mol. The van der Waals surface area contributed by atoms with Crippen LogP contribution in [0.5, 0.6) is 0 Å². The third-order valence-corrected chi connectivity index (χ3v) is 5.07. The van der Waals surface area contributed by atoms with E-state index in [0.29, 0.717) is 22.0 Å². The number of aromatic nitrogens is 1. The van der Waals surface area contributed by atoms with Crippen LogP contribution in [0.4, 0.5) is 11.4 Å². The highest BCUT2D eigenvalue weighted by Crippen LogP contribution is 2.21. The summed E-state index contributed by atoms with van der Waals surface area (Å²) in [4.78, 5) is 16.1. The Morgan fingerprint density at radius 3 is 2.31 bits per heavy atom. The Morgan fingerprint density at radius 2 is 1.62 bits per heavy atom. The first-order valence-electron chi connectivity index (χ1n) is 7.54. The van der Waals surface area contributed by atoms with Gasteiger partial charge < -0.3 is 5.32 Å². The molecule has 0 fully saturated rings. The molecule has 2 N–H and O–H groups in total. The van der Waals surface area contributed by atoms with Crippen molar-refractivity contribution in [1.29, 1.82) is 0 Å². The van der Waals surface area contributed by atoms with Crippen molar-refractivity contribution >= 4 is 38.9 Å². The lowest BCUT2D eigenvalue weighted by atomic mass is 10.2. The van der Waals surface area contributed by atoms with E-state index in [1.807, 2.05) is 0 Å². The molecule has 1 amide bonds. The molecular weight excluding hydrogens is 374 g/mol. The normalized spacial score (nSPS) is 11.0. The zero-order valence-corrected chi connectivity index (χ0v) is 15.0. The number of sulfonamides is 1. The summed E-state index contributed by atoms with van der Waals surface area (Å²) in [5.41, 5.74) is 1.18. The van der Waals surface area contributed by atoms with Crippen molar-refractivity contribution in [3.8, 4) is 0 Å². The van der Waals surface area contributed by atoms with E-state index in [1.165, 1.54) is 24.5 Å². The van der Waals surface area contributed by atoms with E-state index in [0.717, 1.165) is 0 Å². The average molecular weight is 388 g/mol. The van der Waals surface area contributed by atoms with Crippen molar-refractivity contribution in [2.75, 3.05) is 10.0 Å². The van der Waals surface area contributed by atoms with Crippen LogP contribution in [0, 0.1) is 0 Å². The van der Waals surface area contributed by atoms with Crippen molar-refractivity contribution in [2.24, 2.45) is 0 Å². The summed E-state index contributed by atoms with van der Waals surface area (Å²) in [5.74, 6) is -0.354. The van der Waals surface area contributed by atoms with Crippen LogP contribution in [0.1, 0.15) is 10.4 Å². The van der Waals surface area contributed by atoms with Crippen LogP contribution >= 0.6 is 11.6 Å². The standard InChI is InChI=1S/C18H14ClN3O3S/c19-14-4-6-15(7-5-14)22-26(24,25)17-3-1-2-16(12-17)21-18(23)13-8-10-20-11-9-13/h1-12,22H,(H,21,23). The summed E-state index contributed by atoms with van der Waals surface area (Å²) in [6.07, 6.45) is 3.01. The van der Waals surface area contributed by atoms with Gasteiger partial charge in [0, 0.05) is 34.4 Å². The molecule has 0 saturated carbocycles. The van der Waals surface area contributed by atoms with Crippen molar-refractivity contribution in [2.45, 2.75) is 4.90 Å². The van der Waals surface area contributed by atoms with Crippen LogP contribution in [0.2, 0.25) is 5.02 Å². The minimum absolute atomic E-state index is 0.0278. The number of halogens is 1. The first-order chi connectivity index (χ1) is 12.4. The van der Waals surface area contributed by atoms with Gasteiger partial charge in [0.2, 0.25) is 0 Å². The molecule has 1 aromatic heterocycles. The van der Waals surface area contributed by atoms with Gasteiger partial charge in [-0.1, -0.05) is 17.7 Å². The van der Waals surface area contributed by atoms with Gasteiger partial charge in [-0.2, -0.15) is 0 Å². The van der Waals surface area contributed by atoms with E-state index in [4.69, 9.17) is 11.6 Å². The van der Waals surface area contributed by atoms with E-state index in [-0.39, 0.29) is 10.8 Å². The SMILES string of the molecule is O=C(Nc1cccc(S(=O)(=O)Nc2ccc(Cl)cc2)c1)c1ccncc1. The predicted octanol–water partition coefficient (Wildman–Crippen LogP) is 3.79. The van der Waals surface area contributed by atoms with Crippen molar-refractivity contribution < 1.29 is 13.2 Å². The molecule has 26 heavy (non-hydrogen) atoms. The molecule has 0 aliphatic heterocycles. The smallest absolute Gasteiger partial charge is 0.261 e. The third kappa shape index (κ3) is 4.38. The third-order valence-electron chi connectivity index (χ3n) is 3.44. The van der Waals surface area contributed by atoms with Gasteiger partial charge in [0.1, 0.15) is 0 Å². The van der Waals surface area contributed by atoms with Crippen molar-refractivity contribution in [3.63, 3.8) is 0 Å². The first kappa shape index (κ1) is 17.9. The van der Waals surface area contributed by atoms with Gasteiger partial charge in [-0.15, -0.1) is 0 Å². The molecule has 132 valence electrons. The zero-order valence-electron chi connectivity index (χ0n) is 13.4. The number of anilines is 2. The van der Waals surface area contributed by atoms with E-state index < -0.39 is 10.0 Å². The van der Waals surface area contributed by atoms with Gasteiger partial charge in [0.25, 0.3) is 15.9 Å². The molecule has 8 heteroatoms. The topological polar surface area (TPSA) is 88.2 Å². The molecule has 0 aliphatic rings. The Morgan fingerprint density at radius 1 is 0.923 bits per heavy atom. The number of carbonyl (C=O) groups is 1. The molecule has 0 bridgehead atoms. The van der Waals surface area contributed by atoms with Gasteiger partial charge in [-0.3, -0.25) is 14.5 Å². The molecular formula is C18H14ClN3O3S. The Kier molecular flexibility index (Phi) is 5.20. The Hall–Kier alpha value is -2.90. The fraction of sp³-hybridized carbons (Fsp3) is 0. The summed E-state index contributed by atoms with van der Waals surface area (Å²) in [5, 5.41) is 3.17. The molecule has 0 spiro atoms. The number of carbonyl (C=O) groups excluding carboxylic acids is 1. The maximum atomic E-state index is 12.5. The second kappa shape index (κ2) is 7.55. The average Bonchev–Trinajstić information content (AvgIpc) is 2.64. The minimum Gasteiger partial charge on any atom is -0.322 e. The fourth-order valence-electron chi connectivity index (χ4n) is 2.18. The van der Waals surface area contributed by atoms with Crippen LogP contribution < -0.4 is 10.0 Å². The number of nitrogens with one attached hydrogen (secondary N) is 2. The lowest BCUT2D eigenvalue weighted by Crippen LogP contribution is -2.15. The first-order valence-corrected chi connectivity index (χ1v) is 9.40. The van der Waals surface area contributed by atoms with Crippen molar-refractivity contribution in [3.05, 3.63) is 83.6 Å². The number of benzene rings is 2. The number of amides is 1. The molecule has 0 aliphatic carbocycles. The van der Waals surface area contributed by atoms with Gasteiger partial charge in [0.15, 0.2) is 0 Å². The van der Waals surface area contributed by atoms with E-state index in [1.54, 1.807) is 48.5 Å². The summed E-state index contributed by atoms with van der Waals surface area (Å²) in [7, 11) is -3.80. The van der Waals surface area contributed by atoms with Crippen LogP contribution in [-0.2, 0) is 10.0 Å². The highest BCUT2D eigenvalue weighted by molar-refractivity contribution is 7.92. The van der Waals surface area contributed by atoms with E-state index in [2.05, 4.69) is 15.0 Å². The molecule has 6 nitrogen and oxygen atoms in total. The highest BCUT2D eigenvalue weighted by atomic mass is 35.5. The fourth-order valence-corrected chi connectivity index (χ4v) is 3.41. The van der Waals surface area contributed by atoms with Gasteiger partial charge in [-0.25, -0.2) is 8.42 Å². The summed E-state index contributed by atoms with van der Waals surface area (Å²) < 4.78 is 27.5. The molecule has 0 radical (unpaired) electrons. The van der Waals surface area contributed by atoms with Crippen LogP contribution in [0.25, 0.3) is 0 Å². The molecule has 0 saturated heterocycles. The lowest BCUT2D eigenvalue weighted by Gasteiger charge is -2.10. The second-order valence-corrected chi connectivity index (χ2v) is 7.45. The molecule has 3 rings (SSSR count).